The minimum Gasteiger partial charge on any atom is -0.493 e. The van der Waals surface area contributed by atoms with Crippen molar-refractivity contribution in [1.29, 1.82) is 0 Å². The van der Waals surface area contributed by atoms with E-state index in [1.807, 2.05) is 12.1 Å². The van der Waals surface area contributed by atoms with Crippen molar-refractivity contribution in [2.24, 2.45) is 0 Å². The summed E-state index contributed by atoms with van der Waals surface area (Å²) in [4.78, 5) is 2.44. The summed E-state index contributed by atoms with van der Waals surface area (Å²) in [5.74, 6) is 0.980. The van der Waals surface area contributed by atoms with Gasteiger partial charge in [0.25, 0.3) is 0 Å². The molecule has 0 aromatic heterocycles. The average Bonchev–Trinajstić information content (AvgIpc) is 3.16. The molecule has 2 aliphatic heterocycles. The first-order chi connectivity index (χ1) is 12.8. The lowest BCUT2D eigenvalue weighted by Gasteiger charge is -2.27. The lowest BCUT2D eigenvalue weighted by atomic mass is 9.99. The number of hydrogen-bond acceptors (Lipinski definition) is 3. The summed E-state index contributed by atoms with van der Waals surface area (Å²) >= 11 is 0. The Bertz CT molecular complexity index is 775. The van der Waals surface area contributed by atoms with Crippen LogP contribution in [0.25, 0.3) is 0 Å². The summed E-state index contributed by atoms with van der Waals surface area (Å²) in [6.45, 7) is 3.78. The minimum absolute atomic E-state index is 0. The van der Waals surface area contributed by atoms with Crippen LogP contribution in [0.1, 0.15) is 35.6 Å². The van der Waals surface area contributed by atoms with Crippen LogP contribution < -0.4 is 4.74 Å². The Balaban J connectivity index is 0.00000210. The number of aliphatic hydroxyl groups excluding tert-OH is 1. The van der Waals surface area contributed by atoms with Gasteiger partial charge in [0.15, 0.2) is 0 Å². The minimum atomic E-state index is -0.393. The molecular weight excluding hydrogens is 358 g/mol. The fourth-order valence-electron chi connectivity index (χ4n) is 3.86. The van der Waals surface area contributed by atoms with E-state index < -0.39 is 6.10 Å². The van der Waals surface area contributed by atoms with Crippen molar-refractivity contribution >= 4 is 12.4 Å². The molecule has 0 aliphatic carbocycles. The monoisotopic (exact) mass is 385 g/mol. The topological polar surface area (TPSA) is 32.7 Å². The maximum atomic E-state index is 10.5. The number of hydrogen-bond donors (Lipinski definition) is 1. The van der Waals surface area contributed by atoms with Gasteiger partial charge in [0, 0.05) is 26.1 Å². The third kappa shape index (κ3) is 5.13. The second kappa shape index (κ2) is 9.41. The number of nitrogens with zero attached hydrogens (tertiary/aromatic N) is 1. The van der Waals surface area contributed by atoms with Crippen molar-refractivity contribution in [3.8, 4) is 5.75 Å². The molecular formula is C23H28ClNO2. The van der Waals surface area contributed by atoms with E-state index in [0.717, 1.165) is 63.2 Å². The molecule has 3 nitrogen and oxygen atoms in total. The van der Waals surface area contributed by atoms with E-state index in [1.54, 1.807) is 0 Å². The van der Waals surface area contributed by atoms with Gasteiger partial charge in [-0.3, -0.25) is 4.90 Å². The SMILES string of the molecule is Cl.OC(CCN1CC=C(Cc2ccccc2)CC1)c1ccc2c(c1)CCO2. The Morgan fingerprint density at radius 1 is 1.07 bits per heavy atom. The fraction of sp³-hybridized carbons (Fsp3) is 0.391. The van der Waals surface area contributed by atoms with Gasteiger partial charge >= 0.3 is 0 Å². The third-order valence-electron chi connectivity index (χ3n) is 5.48. The second-order valence-corrected chi connectivity index (χ2v) is 7.35. The van der Waals surface area contributed by atoms with Crippen molar-refractivity contribution in [2.45, 2.75) is 31.8 Å². The van der Waals surface area contributed by atoms with Crippen LogP contribution in [-0.2, 0) is 12.8 Å². The molecule has 4 rings (SSSR count). The van der Waals surface area contributed by atoms with E-state index in [1.165, 1.54) is 16.7 Å². The summed E-state index contributed by atoms with van der Waals surface area (Å²) in [5.41, 5.74) is 5.18. The highest BCUT2D eigenvalue weighted by Crippen LogP contribution is 2.29. The van der Waals surface area contributed by atoms with Gasteiger partial charge in [0.2, 0.25) is 0 Å². The Morgan fingerprint density at radius 2 is 1.93 bits per heavy atom. The summed E-state index contributed by atoms with van der Waals surface area (Å²) in [5, 5.41) is 10.5. The van der Waals surface area contributed by atoms with Crippen molar-refractivity contribution in [3.05, 3.63) is 76.9 Å². The largest absolute Gasteiger partial charge is 0.493 e. The molecule has 0 radical (unpaired) electrons. The molecule has 2 aromatic rings. The Morgan fingerprint density at radius 3 is 2.70 bits per heavy atom. The van der Waals surface area contributed by atoms with Crippen molar-refractivity contribution < 1.29 is 9.84 Å². The fourth-order valence-corrected chi connectivity index (χ4v) is 3.86. The van der Waals surface area contributed by atoms with Crippen LogP contribution in [0.15, 0.2) is 60.2 Å². The highest BCUT2D eigenvalue weighted by Gasteiger charge is 2.17. The Kier molecular flexibility index (Phi) is 6.95. The lowest BCUT2D eigenvalue weighted by Crippen LogP contribution is -2.31. The van der Waals surface area contributed by atoms with Crippen LogP contribution in [0.2, 0.25) is 0 Å². The Labute approximate surface area is 168 Å². The van der Waals surface area contributed by atoms with Gasteiger partial charge in [-0.05, 0) is 48.1 Å². The molecule has 0 bridgehead atoms. The van der Waals surface area contributed by atoms with Crippen molar-refractivity contribution in [2.75, 3.05) is 26.2 Å². The van der Waals surface area contributed by atoms with E-state index in [2.05, 4.69) is 47.4 Å². The molecule has 0 fully saturated rings. The van der Waals surface area contributed by atoms with Gasteiger partial charge in [-0.2, -0.15) is 0 Å². The molecule has 27 heavy (non-hydrogen) atoms. The van der Waals surface area contributed by atoms with Gasteiger partial charge in [0.1, 0.15) is 5.75 Å². The molecule has 0 saturated carbocycles. The van der Waals surface area contributed by atoms with Crippen LogP contribution in [0.3, 0.4) is 0 Å². The average molecular weight is 386 g/mol. The molecule has 2 heterocycles. The molecule has 4 heteroatoms. The molecule has 0 amide bonds. The smallest absolute Gasteiger partial charge is 0.122 e. The van der Waals surface area contributed by atoms with Gasteiger partial charge in [0.05, 0.1) is 12.7 Å². The van der Waals surface area contributed by atoms with E-state index in [9.17, 15) is 5.11 Å². The van der Waals surface area contributed by atoms with E-state index >= 15 is 0 Å². The van der Waals surface area contributed by atoms with Gasteiger partial charge < -0.3 is 9.84 Å². The van der Waals surface area contributed by atoms with E-state index in [0.29, 0.717) is 0 Å². The van der Waals surface area contributed by atoms with Crippen molar-refractivity contribution in [3.63, 3.8) is 0 Å². The Hall–Kier alpha value is -1.81. The highest BCUT2D eigenvalue weighted by molar-refractivity contribution is 5.85. The first-order valence-electron chi connectivity index (χ1n) is 9.66. The predicted octanol–water partition coefficient (Wildman–Crippen LogP) is 4.34. The van der Waals surface area contributed by atoms with Crippen LogP contribution in [0, 0.1) is 0 Å². The first-order valence-corrected chi connectivity index (χ1v) is 9.66. The summed E-state index contributed by atoms with van der Waals surface area (Å²) in [7, 11) is 0. The molecule has 2 aromatic carbocycles. The van der Waals surface area contributed by atoms with Crippen LogP contribution in [-0.4, -0.2) is 36.2 Å². The molecule has 0 saturated heterocycles. The summed E-state index contributed by atoms with van der Waals surface area (Å²) in [6, 6.07) is 16.8. The molecule has 0 spiro atoms. The quantitative estimate of drug-likeness (QED) is 0.751. The standard InChI is InChI=1S/C23H27NO2.ClH/c25-22(20-6-7-23-21(17-20)11-15-26-23)10-14-24-12-8-19(9-13-24)16-18-4-2-1-3-5-18;/h1-8,17,22,25H,9-16H2;1H. The zero-order chi connectivity index (χ0) is 17.8. The second-order valence-electron chi connectivity index (χ2n) is 7.35. The number of ether oxygens (including phenoxy) is 1. The van der Waals surface area contributed by atoms with Gasteiger partial charge in [-0.1, -0.05) is 48.0 Å². The maximum Gasteiger partial charge on any atom is 0.122 e. The molecule has 1 atom stereocenters. The number of aliphatic hydroxyl groups is 1. The highest BCUT2D eigenvalue weighted by atomic mass is 35.5. The molecule has 1 N–H and O–H groups in total. The molecule has 144 valence electrons. The van der Waals surface area contributed by atoms with E-state index in [-0.39, 0.29) is 12.4 Å². The summed E-state index contributed by atoms with van der Waals surface area (Å²) in [6.07, 6.45) is 5.90. The summed E-state index contributed by atoms with van der Waals surface area (Å²) < 4.78 is 5.54. The van der Waals surface area contributed by atoms with Crippen LogP contribution in [0.5, 0.6) is 5.75 Å². The predicted molar refractivity (Wildman–Crippen MR) is 112 cm³/mol. The zero-order valence-electron chi connectivity index (χ0n) is 15.6. The molecule has 2 aliphatic rings. The van der Waals surface area contributed by atoms with Gasteiger partial charge in [-0.15, -0.1) is 12.4 Å². The number of benzene rings is 2. The third-order valence-corrected chi connectivity index (χ3v) is 5.48. The maximum absolute atomic E-state index is 10.5. The first kappa shape index (κ1) is 19.9. The normalized spacial score (nSPS) is 17.4. The zero-order valence-corrected chi connectivity index (χ0v) is 16.5. The number of fused-ring (bicyclic) bond motifs is 1. The lowest BCUT2D eigenvalue weighted by molar-refractivity contribution is 0.144. The van der Waals surface area contributed by atoms with Crippen LogP contribution >= 0.6 is 12.4 Å². The number of halogens is 1. The van der Waals surface area contributed by atoms with Crippen molar-refractivity contribution in [1.82, 2.24) is 4.90 Å². The number of rotatable bonds is 6. The van der Waals surface area contributed by atoms with Gasteiger partial charge in [-0.25, -0.2) is 0 Å². The van der Waals surface area contributed by atoms with E-state index in [4.69, 9.17) is 4.74 Å². The molecule has 1 unspecified atom stereocenters. The van der Waals surface area contributed by atoms with Crippen LogP contribution in [0.4, 0.5) is 0 Å².